The van der Waals surface area contributed by atoms with Crippen molar-refractivity contribution in [2.45, 2.75) is 19.3 Å². The predicted octanol–water partition coefficient (Wildman–Crippen LogP) is 3.66. The third kappa shape index (κ3) is 2.05. The fourth-order valence-electron chi connectivity index (χ4n) is 1.10. The highest BCUT2D eigenvalue weighted by Crippen LogP contribution is 2.30. The Bertz CT molecular complexity index is 268. The van der Waals surface area contributed by atoms with Gasteiger partial charge in [-0.3, -0.25) is 0 Å². The SMILES string of the molecule is CC(C)(CS)c1ccccc1Br. The van der Waals surface area contributed by atoms with E-state index in [0.29, 0.717) is 0 Å². The van der Waals surface area contributed by atoms with Gasteiger partial charge in [0, 0.05) is 4.47 Å². The van der Waals surface area contributed by atoms with Gasteiger partial charge in [0.25, 0.3) is 0 Å². The normalized spacial score (nSPS) is 11.7. The fourth-order valence-corrected chi connectivity index (χ4v) is 2.09. The minimum Gasteiger partial charge on any atom is -0.178 e. The first-order valence-electron chi connectivity index (χ1n) is 3.94. The molecular weight excluding hydrogens is 232 g/mol. The molecule has 0 N–H and O–H groups in total. The zero-order chi connectivity index (χ0) is 9.19. The average Bonchev–Trinajstić information content (AvgIpc) is 2.05. The Morgan fingerprint density at radius 1 is 1.33 bits per heavy atom. The summed E-state index contributed by atoms with van der Waals surface area (Å²) in [6, 6.07) is 8.30. The Labute approximate surface area is 87.9 Å². The van der Waals surface area contributed by atoms with Gasteiger partial charge >= 0.3 is 0 Å². The van der Waals surface area contributed by atoms with Gasteiger partial charge < -0.3 is 0 Å². The second-order valence-corrected chi connectivity index (χ2v) is 4.69. The van der Waals surface area contributed by atoms with E-state index in [9.17, 15) is 0 Å². The molecule has 0 aliphatic heterocycles. The largest absolute Gasteiger partial charge is 0.178 e. The summed E-state index contributed by atoms with van der Waals surface area (Å²) in [5, 5.41) is 0. The van der Waals surface area contributed by atoms with Crippen molar-refractivity contribution in [2.24, 2.45) is 0 Å². The third-order valence-corrected chi connectivity index (χ3v) is 3.48. The lowest BCUT2D eigenvalue weighted by Gasteiger charge is -2.23. The number of benzene rings is 1. The van der Waals surface area contributed by atoms with E-state index in [-0.39, 0.29) is 5.41 Å². The van der Waals surface area contributed by atoms with Gasteiger partial charge in [0.15, 0.2) is 0 Å². The van der Waals surface area contributed by atoms with Crippen LogP contribution in [0.3, 0.4) is 0 Å². The Kier molecular flexibility index (Phi) is 3.24. The first-order chi connectivity index (χ1) is 5.58. The van der Waals surface area contributed by atoms with Gasteiger partial charge in [-0.2, -0.15) is 12.6 Å². The lowest BCUT2D eigenvalue weighted by molar-refractivity contribution is 0.601. The first-order valence-corrected chi connectivity index (χ1v) is 5.36. The van der Waals surface area contributed by atoms with E-state index in [2.05, 4.69) is 60.6 Å². The summed E-state index contributed by atoms with van der Waals surface area (Å²) in [6.45, 7) is 4.39. The van der Waals surface area contributed by atoms with E-state index < -0.39 is 0 Å². The van der Waals surface area contributed by atoms with E-state index in [4.69, 9.17) is 0 Å². The molecule has 0 amide bonds. The van der Waals surface area contributed by atoms with Crippen molar-refractivity contribution in [1.82, 2.24) is 0 Å². The van der Waals surface area contributed by atoms with Crippen molar-refractivity contribution in [3.05, 3.63) is 34.3 Å². The highest BCUT2D eigenvalue weighted by Gasteiger charge is 2.20. The number of thiol groups is 1. The molecule has 0 radical (unpaired) electrons. The summed E-state index contributed by atoms with van der Waals surface area (Å²) >= 11 is 7.88. The van der Waals surface area contributed by atoms with Gasteiger partial charge in [-0.1, -0.05) is 48.0 Å². The second-order valence-electron chi connectivity index (χ2n) is 3.52. The van der Waals surface area contributed by atoms with Crippen LogP contribution in [0, 0.1) is 0 Å². The zero-order valence-corrected chi connectivity index (χ0v) is 9.82. The molecule has 0 aliphatic carbocycles. The minimum absolute atomic E-state index is 0.142. The van der Waals surface area contributed by atoms with Crippen LogP contribution in [0.15, 0.2) is 28.7 Å². The zero-order valence-electron chi connectivity index (χ0n) is 7.34. The average molecular weight is 245 g/mol. The van der Waals surface area contributed by atoms with Gasteiger partial charge in [0.2, 0.25) is 0 Å². The Morgan fingerprint density at radius 2 is 1.92 bits per heavy atom. The van der Waals surface area contributed by atoms with Gasteiger partial charge in [-0.25, -0.2) is 0 Å². The highest BCUT2D eigenvalue weighted by atomic mass is 79.9. The topological polar surface area (TPSA) is 0 Å². The molecule has 0 spiro atoms. The summed E-state index contributed by atoms with van der Waals surface area (Å²) in [7, 11) is 0. The molecule has 0 saturated heterocycles. The van der Waals surface area contributed by atoms with E-state index in [1.54, 1.807) is 0 Å². The molecular formula is C10H13BrS. The van der Waals surface area contributed by atoms with Crippen molar-refractivity contribution in [3.8, 4) is 0 Å². The van der Waals surface area contributed by atoms with Crippen LogP contribution in [0.1, 0.15) is 19.4 Å². The maximum atomic E-state index is 4.34. The van der Waals surface area contributed by atoms with Crippen LogP contribution < -0.4 is 0 Å². The van der Waals surface area contributed by atoms with Crippen LogP contribution in [-0.4, -0.2) is 5.75 Å². The minimum atomic E-state index is 0.142. The summed E-state index contributed by atoms with van der Waals surface area (Å²) < 4.78 is 1.17. The Hall–Kier alpha value is 0.0500. The lowest BCUT2D eigenvalue weighted by Crippen LogP contribution is -2.19. The van der Waals surface area contributed by atoms with Crippen molar-refractivity contribution in [1.29, 1.82) is 0 Å². The molecule has 1 aromatic rings. The third-order valence-electron chi connectivity index (χ3n) is 2.00. The maximum absolute atomic E-state index is 4.34. The molecule has 1 aromatic carbocycles. The number of hydrogen-bond donors (Lipinski definition) is 1. The number of halogens is 1. The van der Waals surface area contributed by atoms with Crippen molar-refractivity contribution >= 4 is 28.6 Å². The molecule has 0 unspecified atom stereocenters. The molecule has 0 atom stereocenters. The van der Waals surface area contributed by atoms with Gasteiger partial charge in [0.05, 0.1) is 0 Å². The maximum Gasteiger partial charge on any atom is 0.0213 e. The first kappa shape index (κ1) is 10.1. The molecule has 2 heteroatoms. The number of rotatable bonds is 2. The van der Waals surface area contributed by atoms with Crippen molar-refractivity contribution in [2.75, 3.05) is 5.75 Å². The van der Waals surface area contributed by atoms with Gasteiger partial charge in [-0.05, 0) is 22.8 Å². The van der Waals surface area contributed by atoms with Crippen LogP contribution in [0.5, 0.6) is 0 Å². The molecule has 0 saturated carbocycles. The smallest absolute Gasteiger partial charge is 0.0213 e. The molecule has 0 aliphatic rings. The molecule has 0 fully saturated rings. The van der Waals surface area contributed by atoms with Gasteiger partial charge in [-0.15, -0.1) is 0 Å². The van der Waals surface area contributed by atoms with E-state index >= 15 is 0 Å². The molecule has 0 aromatic heterocycles. The summed E-state index contributed by atoms with van der Waals surface area (Å²) in [4.78, 5) is 0. The fraction of sp³-hybridized carbons (Fsp3) is 0.400. The Morgan fingerprint density at radius 3 is 2.42 bits per heavy atom. The highest BCUT2D eigenvalue weighted by molar-refractivity contribution is 9.10. The van der Waals surface area contributed by atoms with Crippen molar-refractivity contribution < 1.29 is 0 Å². The van der Waals surface area contributed by atoms with Crippen LogP contribution >= 0.6 is 28.6 Å². The van der Waals surface area contributed by atoms with Crippen LogP contribution in [0.25, 0.3) is 0 Å². The van der Waals surface area contributed by atoms with E-state index in [1.165, 1.54) is 10.0 Å². The summed E-state index contributed by atoms with van der Waals surface area (Å²) in [5.41, 5.74) is 1.46. The molecule has 12 heavy (non-hydrogen) atoms. The van der Waals surface area contributed by atoms with Crippen molar-refractivity contribution in [3.63, 3.8) is 0 Å². The monoisotopic (exact) mass is 244 g/mol. The van der Waals surface area contributed by atoms with E-state index in [1.807, 2.05) is 6.07 Å². The quantitative estimate of drug-likeness (QED) is 0.755. The van der Waals surface area contributed by atoms with Gasteiger partial charge in [0.1, 0.15) is 0 Å². The standard InChI is InChI=1S/C10H13BrS/c1-10(2,7-12)8-5-3-4-6-9(8)11/h3-6,12H,7H2,1-2H3. The summed E-state index contributed by atoms with van der Waals surface area (Å²) in [5.74, 6) is 0.857. The summed E-state index contributed by atoms with van der Waals surface area (Å²) in [6.07, 6.45) is 0. The molecule has 66 valence electrons. The number of hydrogen-bond acceptors (Lipinski definition) is 1. The predicted molar refractivity (Wildman–Crippen MR) is 61.0 cm³/mol. The van der Waals surface area contributed by atoms with Crippen LogP contribution in [0.2, 0.25) is 0 Å². The second kappa shape index (κ2) is 3.84. The van der Waals surface area contributed by atoms with Crippen LogP contribution in [-0.2, 0) is 5.41 Å². The Balaban J connectivity index is 3.10. The molecule has 0 bridgehead atoms. The lowest BCUT2D eigenvalue weighted by atomic mass is 9.87. The molecule has 0 heterocycles. The van der Waals surface area contributed by atoms with Crippen LogP contribution in [0.4, 0.5) is 0 Å². The molecule has 0 nitrogen and oxygen atoms in total. The molecule has 1 rings (SSSR count). The van der Waals surface area contributed by atoms with E-state index in [0.717, 1.165) is 5.75 Å².